The molecule has 0 saturated heterocycles. The Morgan fingerprint density at radius 1 is 0.783 bits per heavy atom. The van der Waals surface area contributed by atoms with E-state index >= 15 is 0 Å². The van der Waals surface area contributed by atoms with Gasteiger partial charge >= 0.3 is 144 Å². The number of ether oxygens (including phenoxy) is 3. The first kappa shape index (κ1) is 15.7. The average Bonchev–Trinajstić information content (AvgIpc) is 2.61. The molecule has 0 amide bonds. The molecule has 118 valence electrons. The average molecular weight is 373 g/mol. The molecular weight excluding hydrogens is 355 g/mol. The molecule has 0 aliphatic heterocycles. The number of hydrogen-bond acceptors (Lipinski definition) is 3. The van der Waals surface area contributed by atoms with Crippen LogP contribution in [0.15, 0.2) is 48.5 Å². The summed E-state index contributed by atoms with van der Waals surface area (Å²) in [4.78, 5) is 0. The second-order valence-corrected chi connectivity index (χ2v) is 6.04. The minimum absolute atomic E-state index is 0.603. The fourth-order valence-electron chi connectivity index (χ4n) is 2.72. The van der Waals surface area contributed by atoms with Gasteiger partial charge in [-0.05, 0) is 0 Å². The summed E-state index contributed by atoms with van der Waals surface area (Å²) < 4.78 is 17.5. The molecule has 0 radical (unpaired) electrons. The van der Waals surface area contributed by atoms with Crippen LogP contribution in [0.2, 0.25) is 0 Å². The van der Waals surface area contributed by atoms with Gasteiger partial charge in [0.15, 0.2) is 0 Å². The molecule has 0 bridgehead atoms. The van der Waals surface area contributed by atoms with E-state index in [4.69, 9.17) is 14.2 Å². The van der Waals surface area contributed by atoms with Crippen LogP contribution in [0.1, 0.15) is 0 Å². The topological polar surface area (TPSA) is 27.7 Å². The fraction of sp³-hybridized carbons (Fsp3) is 0.158. The third kappa shape index (κ3) is 2.76. The van der Waals surface area contributed by atoms with Gasteiger partial charge in [0.2, 0.25) is 0 Å². The number of benzene rings is 3. The molecule has 0 aliphatic carbocycles. The molecule has 0 aliphatic rings. The van der Waals surface area contributed by atoms with Gasteiger partial charge in [0.1, 0.15) is 0 Å². The Balaban J connectivity index is 2.24. The third-order valence-corrected chi connectivity index (χ3v) is 4.89. The Morgan fingerprint density at radius 2 is 1.43 bits per heavy atom. The van der Waals surface area contributed by atoms with Gasteiger partial charge < -0.3 is 0 Å². The van der Waals surface area contributed by atoms with Crippen LogP contribution in [-0.4, -0.2) is 37.3 Å². The molecule has 23 heavy (non-hydrogen) atoms. The van der Waals surface area contributed by atoms with Crippen molar-refractivity contribution < 1.29 is 14.2 Å². The van der Waals surface area contributed by atoms with Crippen LogP contribution >= 0.6 is 0 Å². The molecule has 0 atom stereocenters. The Hall–Kier alpha value is -2.16. The zero-order valence-electron chi connectivity index (χ0n) is 13.3. The van der Waals surface area contributed by atoms with Crippen molar-refractivity contribution in [2.24, 2.45) is 0 Å². The van der Waals surface area contributed by atoms with E-state index < -0.39 is 0 Å². The van der Waals surface area contributed by atoms with E-state index in [2.05, 4.69) is 46.3 Å². The van der Waals surface area contributed by atoms with Crippen LogP contribution in [0.4, 0.5) is 0 Å². The van der Waals surface area contributed by atoms with Gasteiger partial charge in [-0.3, -0.25) is 0 Å². The van der Waals surface area contributed by atoms with E-state index in [-0.39, 0.29) is 0 Å². The van der Waals surface area contributed by atoms with Crippen LogP contribution in [0.5, 0.6) is 17.2 Å². The SMILES string of the molecule is COc1cc(-c2ccc3ccccc3c2[SeH])cc(OC)c1OC. The van der Waals surface area contributed by atoms with Crippen molar-refractivity contribution in [3.63, 3.8) is 0 Å². The Kier molecular flexibility index (Phi) is 4.46. The molecule has 0 unspecified atom stereocenters. The molecule has 0 aromatic heterocycles. The van der Waals surface area contributed by atoms with Gasteiger partial charge in [-0.15, -0.1) is 0 Å². The van der Waals surface area contributed by atoms with Gasteiger partial charge in [0.25, 0.3) is 0 Å². The third-order valence-electron chi connectivity index (χ3n) is 3.88. The van der Waals surface area contributed by atoms with Crippen LogP contribution in [0.25, 0.3) is 21.9 Å². The molecule has 3 aromatic rings. The summed E-state index contributed by atoms with van der Waals surface area (Å²) >= 11 is 2.67. The summed E-state index contributed by atoms with van der Waals surface area (Å²) in [7, 11) is 4.87. The Bertz CT molecular complexity index is 833. The van der Waals surface area contributed by atoms with Gasteiger partial charge in [-0.25, -0.2) is 0 Å². The number of methoxy groups -OCH3 is 3. The number of rotatable bonds is 4. The maximum absolute atomic E-state index is 5.46. The predicted molar refractivity (Wildman–Crippen MR) is 95.8 cm³/mol. The molecular formula is C19H18O3Se. The van der Waals surface area contributed by atoms with Crippen LogP contribution in [0, 0.1) is 0 Å². The van der Waals surface area contributed by atoms with Crippen LogP contribution in [0.3, 0.4) is 0 Å². The van der Waals surface area contributed by atoms with Crippen LogP contribution in [-0.2, 0) is 0 Å². The summed E-state index contributed by atoms with van der Waals surface area (Å²) in [5, 5.41) is 2.44. The van der Waals surface area contributed by atoms with E-state index in [1.165, 1.54) is 15.2 Å². The van der Waals surface area contributed by atoms with Crippen LogP contribution < -0.4 is 18.7 Å². The maximum atomic E-state index is 5.46. The molecule has 4 heteroatoms. The van der Waals surface area contributed by atoms with Gasteiger partial charge in [-0.2, -0.15) is 0 Å². The zero-order valence-corrected chi connectivity index (χ0v) is 15.2. The summed E-state index contributed by atoms with van der Waals surface area (Å²) in [5.74, 6) is 1.91. The Morgan fingerprint density at radius 3 is 2.04 bits per heavy atom. The molecule has 3 aromatic carbocycles. The quantitative estimate of drug-likeness (QED) is 0.658. The second kappa shape index (κ2) is 6.53. The van der Waals surface area contributed by atoms with Crippen molar-refractivity contribution in [1.29, 1.82) is 0 Å². The molecule has 0 N–H and O–H groups in total. The fourth-order valence-corrected chi connectivity index (χ4v) is 3.58. The first-order valence-corrected chi connectivity index (χ1v) is 8.14. The minimum atomic E-state index is 0.603. The molecule has 0 spiro atoms. The Labute approximate surface area is 144 Å². The number of fused-ring (bicyclic) bond motifs is 1. The number of hydrogen-bond donors (Lipinski definition) is 0. The van der Waals surface area contributed by atoms with Gasteiger partial charge in [0.05, 0.1) is 0 Å². The molecule has 3 nitrogen and oxygen atoms in total. The summed E-state index contributed by atoms with van der Waals surface area (Å²) in [6, 6.07) is 16.5. The van der Waals surface area contributed by atoms with Crippen molar-refractivity contribution in [2.75, 3.05) is 21.3 Å². The standard InChI is InChI=1S/C19H18O3Se/c1-20-16-10-13(11-17(21-2)18(16)22-3)15-9-8-12-6-4-5-7-14(12)19(15)23/h4-11,23H,1-3H3. The van der Waals surface area contributed by atoms with E-state index in [0.29, 0.717) is 17.2 Å². The molecule has 0 saturated carbocycles. The van der Waals surface area contributed by atoms with E-state index in [0.717, 1.165) is 11.1 Å². The van der Waals surface area contributed by atoms with Crippen molar-refractivity contribution in [1.82, 2.24) is 0 Å². The monoisotopic (exact) mass is 374 g/mol. The summed E-state index contributed by atoms with van der Waals surface area (Å²) in [6.45, 7) is 0. The normalized spacial score (nSPS) is 10.6. The second-order valence-electron chi connectivity index (χ2n) is 5.10. The first-order valence-electron chi connectivity index (χ1n) is 7.20. The zero-order chi connectivity index (χ0) is 16.4. The summed E-state index contributed by atoms with van der Waals surface area (Å²) in [5.41, 5.74) is 2.16. The molecule has 0 fully saturated rings. The van der Waals surface area contributed by atoms with Crippen molar-refractivity contribution in [3.05, 3.63) is 48.5 Å². The van der Waals surface area contributed by atoms with Crippen molar-refractivity contribution in [2.45, 2.75) is 0 Å². The van der Waals surface area contributed by atoms with Gasteiger partial charge in [-0.1, -0.05) is 0 Å². The molecule has 3 rings (SSSR count). The van der Waals surface area contributed by atoms with Crippen molar-refractivity contribution >= 4 is 31.2 Å². The van der Waals surface area contributed by atoms with E-state index in [9.17, 15) is 0 Å². The van der Waals surface area contributed by atoms with Gasteiger partial charge in [0, 0.05) is 0 Å². The molecule has 0 heterocycles. The summed E-state index contributed by atoms with van der Waals surface area (Å²) in [6.07, 6.45) is 0. The first-order chi connectivity index (χ1) is 11.2. The van der Waals surface area contributed by atoms with Crippen molar-refractivity contribution in [3.8, 4) is 28.4 Å². The van der Waals surface area contributed by atoms with E-state index in [1.807, 2.05) is 18.2 Å². The predicted octanol–water partition coefficient (Wildman–Crippen LogP) is 3.06. The van der Waals surface area contributed by atoms with E-state index in [1.54, 1.807) is 21.3 Å².